The van der Waals surface area contributed by atoms with Gasteiger partial charge >= 0.3 is 0 Å². The molecule has 0 spiro atoms. The second-order valence-electron chi connectivity index (χ2n) is 8.09. The Labute approximate surface area is 194 Å². The number of Topliss-reactive ketones (excluding diaryl/α,β-unsaturated/α-hetero) is 1. The Morgan fingerprint density at radius 2 is 1.68 bits per heavy atom. The molecule has 5 rings (SSSR count). The molecule has 3 aromatic rings. The van der Waals surface area contributed by atoms with Crippen LogP contribution in [0.25, 0.3) is 0 Å². The van der Waals surface area contributed by atoms with Crippen molar-refractivity contribution in [1.82, 2.24) is 0 Å². The Morgan fingerprint density at radius 3 is 2.44 bits per heavy atom. The standard InChI is InChI=1S/C25H22O9/c1-31-20-7-13(2-4-15(20)28)25-23(11-26)33-21-6-12(3-5-18(21)34-25)19-10-17(30)24-16(29)8-14(27)9-22(24)32-19/h2-9,19,23,25-29H,10-11H2,1H3/t19-,23+,25-/m0/s1. The molecule has 176 valence electrons. The van der Waals surface area contributed by atoms with Crippen molar-refractivity contribution in [2.45, 2.75) is 24.7 Å². The number of rotatable bonds is 4. The van der Waals surface area contributed by atoms with E-state index in [-0.39, 0.29) is 53.1 Å². The number of phenols is 3. The van der Waals surface area contributed by atoms with E-state index < -0.39 is 18.3 Å². The molecule has 0 aromatic heterocycles. The summed E-state index contributed by atoms with van der Waals surface area (Å²) in [5, 5.41) is 39.6. The number of fused-ring (bicyclic) bond motifs is 2. The van der Waals surface area contributed by atoms with Gasteiger partial charge < -0.3 is 39.4 Å². The number of ketones is 1. The van der Waals surface area contributed by atoms with Crippen LogP contribution in [0.4, 0.5) is 0 Å². The van der Waals surface area contributed by atoms with Gasteiger partial charge in [-0.2, -0.15) is 0 Å². The summed E-state index contributed by atoms with van der Waals surface area (Å²) in [6.07, 6.45) is -2.06. The van der Waals surface area contributed by atoms with E-state index in [0.717, 1.165) is 6.07 Å². The van der Waals surface area contributed by atoms with Crippen LogP contribution >= 0.6 is 0 Å². The minimum absolute atomic E-state index is 0.00959. The zero-order valence-electron chi connectivity index (χ0n) is 18.1. The number of hydrogen-bond acceptors (Lipinski definition) is 9. The van der Waals surface area contributed by atoms with Crippen LogP contribution < -0.4 is 18.9 Å². The highest BCUT2D eigenvalue weighted by molar-refractivity contribution is 6.02. The van der Waals surface area contributed by atoms with E-state index >= 15 is 0 Å². The quantitative estimate of drug-likeness (QED) is 0.456. The molecule has 0 saturated heterocycles. The Hall–Kier alpha value is -4.11. The van der Waals surface area contributed by atoms with Gasteiger partial charge in [0.1, 0.15) is 28.9 Å². The summed E-state index contributed by atoms with van der Waals surface area (Å²) in [4.78, 5) is 12.6. The van der Waals surface area contributed by atoms with Crippen LogP contribution in [-0.4, -0.2) is 46.0 Å². The molecule has 4 N–H and O–H groups in total. The molecular weight excluding hydrogens is 444 g/mol. The van der Waals surface area contributed by atoms with Crippen molar-refractivity contribution >= 4 is 5.78 Å². The van der Waals surface area contributed by atoms with E-state index in [1.54, 1.807) is 30.3 Å². The number of benzene rings is 3. The fourth-order valence-corrected chi connectivity index (χ4v) is 4.25. The number of carbonyl (C=O) groups is 1. The average molecular weight is 466 g/mol. The lowest BCUT2D eigenvalue weighted by Gasteiger charge is -2.34. The summed E-state index contributed by atoms with van der Waals surface area (Å²) in [5.74, 6) is 0.311. The molecule has 2 heterocycles. The van der Waals surface area contributed by atoms with E-state index in [9.17, 15) is 25.2 Å². The molecule has 2 aliphatic heterocycles. The maximum atomic E-state index is 12.6. The van der Waals surface area contributed by atoms with E-state index in [0.29, 0.717) is 22.6 Å². The van der Waals surface area contributed by atoms with E-state index in [2.05, 4.69) is 0 Å². The second kappa shape index (κ2) is 8.35. The van der Waals surface area contributed by atoms with E-state index in [1.165, 1.54) is 19.2 Å². The first-order valence-corrected chi connectivity index (χ1v) is 10.6. The zero-order chi connectivity index (χ0) is 24.0. The minimum Gasteiger partial charge on any atom is -0.508 e. The topological polar surface area (TPSA) is 135 Å². The number of aliphatic hydroxyl groups is 1. The predicted molar refractivity (Wildman–Crippen MR) is 118 cm³/mol. The molecule has 0 unspecified atom stereocenters. The smallest absolute Gasteiger partial charge is 0.174 e. The Kier molecular flexibility index (Phi) is 5.33. The van der Waals surface area contributed by atoms with Gasteiger partial charge in [0.2, 0.25) is 0 Å². The number of ether oxygens (including phenoxy) is 4. The number of aromatic hydroxyl groups is 3. The van der Waals surface area contributed by atoms with Crippen molar-refractivity contribution in [3.63, 3.8) is 0 Å². The Balaban J connectivity index is 1.43. The maximum Gasteiger partial charge on any atom is 0.174 e. The molecular formula is C25H22O9. The van der Waals surface area contributed by atoms with Crippen LogP contribution in [0.1, 0.15) is 40.1 Å². The third kappa shape index (κ3) is 3.69. The molecule has 0 amide bonds. The van der Waals surface area contributed by atoms with Crippen molar-refractivity contribution in [3.05, 3.63) is 65.2 Å². The summed E-state index contributed by atoms with van der Waals surface area (Å²) < 4.78 is 23.2. The van der Waals surface area contributed by atoms with Crippen molar-refractivity contribution in [3.8, 4) is 40.2 Å². The van der Waals surface area contributed by atoms with Crippen LogP contribution in [0.3, 0.4) is 0 Å². The largest absolute Gasteiger partial charge is 0.508 e. The molecule has 9 heteroatoms. The lowest BCUT2D eigenvalue weighted by Crippen LogP contribution is -2.36. The minimum atomic E-state index is -0.736. The number of aliphatic hydroxyl groups excluding tert-OH is 1. The number of hydrogen-bond donors (Lipinski definition) is 4. The van der Waals surface area contributed by atoms with Crippen molar-refractivity contribution < 1.29 is 44.2 Å². The Morgan fingerprint density at radius 1 is 0.882 bits per heavy atom. The Bertz CT molecular complexity index is 1270. The summed E-state index contributed by atoms with van der Waals surface area (Å²) in [6.45, 7) is -0.331. The van der Waals surface area contributed by atoms with E-state index in [1.807, 2.05) is 0 Å². The molecule has 3 atom stereocenters. The lowest BCUT2D eigenvalue weighted by atomic mass is 9.95. The van der Waals surface area contributed by atoms with Crippen LogP contribution in [0.5, 0.6) is 40.2 Å². The monoisotopic (exact) mass is 466 g/mol. The van der Waals surface area contributed by atoms with Crippen LogP contribution in [0.2, 0.25) is 0 Å². The maximum absolute atomic E-state index is 12.6. The SMILES string of the molecule is COc1cc([C@@H]2Oc3ccc([C@@H]4CC(=O)c5c(O)cc(O)cc5O4)cc3O[C@@H]2CO)ccc1O. The highest BCUT2D eigenvalue weighted by atomic mass is 16.6. The van der Waals surface area contributed by atoms with Crippen LogP contribution in [0.15, 0.2) is 48.5 Å². The van der Waals surface area contributed by atoms with Gasteiger partial charge in [0.05, 0.1) is 20.1 Å². The first-order valence-electron chi connectivity index (χ1n) is 10.6. The zero-order valence-corrected chi connectivity index (χ0v) is 18.1. The van der Waals surface area contributed by atoms with Gasteiger partial charge in [0.15, 0.2) is 41.0 Å². The van der Waals surface area contributed by atoms with Gasteiger partial charge in [-0.25, -0.2) is 0 Å². The molecule has 2 aliphatic rings. The lowest BCUT2D eigenvalue weighted by molar-refractivity contribution is -0.0126. The molecule has 9 nitrogen and oxygen atoms in total. The predicted octanol–water partition coefficient (Wildman–Crippen LogP) is 3.39. The van der Waals surface area contributed by atoms with Crippen LogP contribution in [0, 0.1) is 0 Å². The van der Waals surface area contributed by atoms with E-state index in [4.69, 9.17) is 18.9 Å². The fraction of sp³-hybridized carbons (Fsp3) is 0.240. The molecule has 0 saturated carbocycles. The summed E-state index contributed by atoms with van der Waals surface area (Å²) in [5.41, 5.74) is 1.32. The van der Waals surface area contributed by atoms with Gasteiger partial charge in [-0.1, -0.05) is 12.1 Å². The van der Waals surface area contributed by atoms with Gasteiger partial charge in [-0.3, -0.25) is 4.79 Å². The highest BCUT2D eigenvalue weighted by Gasteiger charge is 2.35. The van der Waals surface area contributed by atoms with Crippen molar-refractivity contribution in [2.75, 3.05) is 13.7 Å². The second-order valence-corrected chi connectivity index (χ2v) is 8.09. The van der Waals surface area contributed by atoms with Gasteiger partial charge in [0.25, 0.3) is 0 Å². The number of methoxy groups -OCH3 is 1. The molecule has 0 fully saturated rings. The molecule has 0 bridgehead atoms. The van der Waals surface area contributed by atoms with Crippen molar-refractivity contribution in [1.29, 1.82) is 0 Å². The first-order chi connectivity index (χ1) is 16.4. The van der Waals surface area contributed by atoms with Gasteiger partial charge in [-0.05, 0) is 29.8 Å². The normalized spacial score (nSPS) is 20.9. The summed E-state index contributed by atoms with van der Waals surface area (Å²) in [6, 6.07) is 12.3. The highest BCUT2D eigenvalue weighted by Crippen LogP contribution is 2.45. The summed E-state index contributed by atoms with van der Waals surface area (Å²) in [7, 11) is 1.44. The molecule has 3 aromatic carbocycles. The fourth-order valence-electron chi connectivity index (χ4n) is 4.25. The third-order valence-electron chi connectivity index (χ3n) is 5.91. The third-order valence-corrected chi connectivity index (χ3v) is 5.91. The summed E-state index contributed by atoms with van der Waals surface area (Å²) >= 11 is 0. The number of carbonyl (C=O) groups excluding carboxylic acids is 1. The first kappa shape index (κ1) is 21.7. The number of phenolic OH excluding ortho intramolecular Hbond substituents is 3. The molecule has 0 aliphatic carbocycles. The average Bonchev–Trinajstić information content (AvgIpc) is 2.82. The van der Waals surface area contributed by atoms with Gasteiger partial charge in [-0.15, -0.1) is 0 Å². The van der Waals surface area contributed by atoms with Crippen molar-refractivity contribution in [2.24, 2.45) is 0 Å². The molecule has 34 heavy (non-hydrogen) atoms. The van der Waals surface area contributed by atoms with Crippen LogP contribution in [-0.2, 0) is 0 Å². The molecule has 0 radical (unpaired) electrons. The van der Waals surface area contributed by atoms with Gasteiger partial charge in [0, 0.05) is 17.7 Å².